The fraction of sp³-hybridized carbons (Fsp3) is 0.455. The smallest absolute Gasteiger partial charge is 0.205 e. The Kier molecular flexibility index (Phi) is 5.17. The lowest BCUT2D eigenvalue weighted by molar-refractivity contribution is 0.640. The number of hydrogen-bond acceptors (Lipinski definition) is 5. The summed E-state index contributed by atoms with van der Waals surface area (Å²) in [5, 5.41) is 13.6. The standard InChI is InChI=1S/C11H13Br2N3S2/c1-6(2)3-9-15-16-11(18-9)14-5-7-4-8(12)10(13)17-7/h4,6H,3,5H2,1-2H3,(H,14,16). The maximum absolute atomic E-state index is 4.18. The lowest BCUT2D eigenvalue weighted by atomic mass is 10.1. The molecule has 0 unspecified atom stereocenters. The number of aromatic nitrogens is 2. The summed E-state index contributed by atoms with van der Waals surface area (Å²) >= 11 is 10.3. The van der Waals surface area contributed by atoms with E-state index >= 15 is 0 Å². The summed E-state index contributed by atoms with van der Waals surface area (Å²) in [6, 6.07) is 2.11. The van der Waals surface area contributed by atoms with Gasteiger partial charge in [-0.15, -0.1) is 21.5 Å². The Morgan fingerprint density at radius 2 is 2.06 bits per heavy atom. The minimum Gasteiger partial charge on any atom is -0.355 e. The van der Waals surface area contributed by atoms with Crippen LogP contribution in [-0.4, -0.2) is 10.2 Å². The largest absolute Gasteiger partial charge is 0.355 e. The SMILES string of the molecule is CC(C)Cc1nnc(NCc2cc(Br)c(Br)s2)s1. The number of nitrogens with one attached hydrogen (secondary N) is 1. The van der Waals surface area contributed by atoms with Gasteiger partial charge in [0.1, 0.15) is 5.01 Å². The third-order valence-corrected chi connectivity index (χ3v) is 6.32. The Balaban J connectivity index is 1.92. The van der Waals surface area contributed by atoms with Gasteiger partial charge in [0, 0.05) is 15.8 Å². The molecular formula is C11H13Br2N3S2. The molecular weight excluding hydrogens is 398 g/mol. The van der Waals surface area contributed by atoms with Crippen LogP contribution in [-0.2, 0) is 13.0 Å². The van der Waals surface area contributed by atoms with Gasteiger partial charge < -0.3 is 5.32 Å². The Morgan fingerprint density at radius 3 is 2.67 bits per heavy atom. The Bertz CT molecular complexity index is 503. The summed E-state index contributed by atoms with van der Waals surface area (Å²) in [5.74, 6) is 0.620. The normalized spacial score (nSPS) is 11.2. The molecule has 0 aromatic carbocycles. The third kappa shape index (κ3) is 4.01. The molecule has 18 heavy (non-hydrogen) atoms. The van der Waals surface area contributed by atoms with E-state index in [-0.39, 0.29) is 0 Å². The number of anilines is 1. The lowest BCUT2D eigenvalue weighted by Gasteiger charge is -1.98. The van der Waals surface area contributed by atoms with Crippen LogP contribution in [0.3, 0.4) is 0 Å². The van der Waals surface area contributed by atoms with Gasteiger partial charge in [-0.25, -0.2) is 0 Å². The van der Waals surface area contributed by atoms with Gasteiger partial charge in [0.25, 0.3) is 0 Å². The molecule has 98 valence electrons. The Labute approximate surface area is 131 Å². The fourth-order valence-corrected chi connectivity index (χ4v) is 4.46. The van der Waals surface area contributed by atoms with E-state index in [0.717, 1.165) is 31.4 Å². The van der Waals surface area contributed by atoms with Gasteiger partial charge in [0.2, 0.25) is 5.13 Å². The van der Waals surface area contributed by atoms with Crippen molar-refractivity contribution in [3.8, 4) is 0 Å². The van der Waals surface area contributed by atoms with Crippen LogP contribution >= 0.6 is 54.5 Å². The zero-order valence-electron chi connectivity index (χ0n) is 10.0. The molecule has 0 saturated carbocycles. The predicted octanol–water partition coefficient (Wildman–Crippen LogP) is 4.94. The average Bonchev–Trinajstić information content (AvgIpc) is 2.84. The van der Waals surface area contributed by atoms with Crippen molar-refractivity contribution in [3.05, 3.63) is 24.2 Å². The van der Waals surface area contributed by atoms with E-state index in [1.54, 1.807) is 22.7 Å². The van der Waals surface area contributed by atoms with Crippen molar-refractivity contribution in [1.82, 2.24) is 10.2 Å². The van der Waals surface area contributed by atoms with Crippen molar-refractivity contribution in [3.63, 3.8) is 0 Å². The van der Waals surface area contributed by atoms with Crippen LogP contribution in [0, 0.1) is 5.92 Å². The topological polar surface area (TPSA) is 37.8 Å². The number of halogens is 2. The molecule has 0 radical (unpaired) electrons. The molecule has 0 atom stereocenters. The Hall–Kier alpha value is 0.0200. The van der Waals surface area contributed by atoms with E-state index in [9.17, 15) is 0 Å². The molecule has 7 heteroatoms. The van der Waals surface area contributed by atoms with Crippen LogP contribution in [0.1, 0.15) is 23.7 Å². The van der Waals surface area contributed by atoms with Crippen molar-refractivity contribution in [2.75, 3.05) is 5.32 Å². The first-order chi connectivity index (χ1) is 8.54. The van der Waals surface area contributed by atoms with E-state index in [2.05, 4.69) is 67.3 Å². The molecule has 2 rings (SSSR count). The van der Waals surface area contributed by atoms with Crippen LogP contribution in [0.2, 0.25) is 0 Å². The molecule has 0 amide bonds. The molecule has 0 aliphatic heterocycles. The summed E-state index contributed by atoms with van der Waals surface area (Å²) < 4.78 is 2.22. The molecule has 1 N–H and O–H groups in total. The van der Waals surface area contributed by atoms with Crippen LogP contribution in [0.4, 0.5) is 5.13 Å². The summed E-state index contributed by atoms with van der Waals surface area (Å²) in [4.78, 5) is 1.26. The number of thiophene rings is 1. The molecule has 0 saturated heterocycles. The minimum absolute atomic E-state index is 0.620. The molecule has 0 aliphatic carbocycles. The van der Waals surface area contributed by atoms with Crippen LogP contribution in [0.15, 0.2) is 14.3 Å². The van der Waals surface area contributed by atoms with Gasteiger partial charge in [0.05, 0.1) is 10.3 Å². The van der Waals surface area contributed by atoms with E-state index < -0.39 is 0 Å². The quantitative estimate of drug-likeness (QED) is 0.758. The first-order valence-electron chi connectivity index (χ1n) is 5.54. The second-order valence-corrected chi connectivity index (χ2v) is 8.66. The molecule has 2 aromatic rings. The molecule has 2 heterocycles. The van der Waals surface area contributed by atoms with Crippen molar-refractivity contribution in [2.45, 2.75) is 26.8 Å². The van der Waals surface area contributed by atoms with Gasteiger partial charge in [-0.2, -0.15) is 0 Å². The van der Waals surface area contributed by atoms with Crippen LogP contribution < -0.4 is 5.32 Å². The minimum atomic E-state index is 0.620. The molecule has 0 fully saturated rings. The maximum atomic E-state index is 4.18. The zero-order chi connectivity index (χ0) is 13.1. The Morgan fingerprint density at radius 1 is 1.28 bits per heavy atom. The molecule has 3 nitrogen and oxygen atoms in total. The van der Waals surface area contributed by atoms with Gasteiger partial charge in [0.15, 0.2) is 0 Å². The van der Waals surface area contributed by atoms with E-state index in [4.69, 9.17) is 0 Å². The van der Waals surface area contributed by atoms with E-state index in [0.29, 0.717) is 5.92 Å². The van der Waals surface area contributed by atoms with Gasteiger partial charge in [-0.1, -0.05) is 25.2 Å². The summed E-state index contributed by atoms with van der Waals surface area (Å²) in [6.07, 6.45) is 0.995. The molecule has 2 aromatic heterocycles. The number of nitrogens with zero attached hydrogens (tertiary/aromatic N) is 2. The molecule has 0 spiro atoms. The monoisotopic (exact) mass is 409 g/mol. The van der Waals surface area contributed by atoms with Crippen molar-refractivity contribution < 1.29 is 0 Å². The highest BCUT2D eigenvalue weighted by Crippen LogP contribution is 2.32. The first kappa shape index (κ1) is 14.4. The van der Waals surface area contributed by atoms with Crippen LogP contribution in [0.25, 0.3) is 0 Å². The second-order valence-electron chi connectivity index (χ2n) is 4.29. The highest BCUT2D eigenvalue weighted by Gasteiger charge is 2.07. The van der Waals surface area contributed by atoms with Crippen molar-refractivity contribution in [2.24, 2.45) is 5.92 Å². The number of rotatable bonds is 5. The van der Waals surface area contributed by atoms with Crippen molar-refractivity contribution >= 4 is 59.7 Å². The zero-order valence-corrected chi connectivity index (χ0v) is 14.8. The summed E-state index contributed by atoms with van der Waals surface area (Å²) in [5.41, 5.74) is 0. The lowest BCUT2D eigenvalue weighted by Crippen LogP contribution is -1.96. The van der Waals surface area contributed by atoms with Gasteiger partial charge in [-0.05, 0) is 43.8 Å². The third-order valence-electron chi connectivity index (χ3n) is 2.16. The van der Waals surface area contributed by atoms with Crippen molar-refractivity contribution in [1.29, 1.82) is 0 Å². The average molecular weight is 411 g/mol. The molecule has 0 aliphatic rings. The highest BCUT2D eigenvalue weighted by atomic mass is 79.9. The van der Waals surface area contributed by atoms with E-state index in [1.807, 2.05) is 0 Å². The fourth-order valence-electron chi connectivity index (χ4n) is 1.40. The first-order valence-corrected chi connectivity index (χ1v) is 8.76. The van der Waals surface area contributed by atoms with Gasteiger partial charge >= 0.3 is 0 Å². The number of hydrogen-bond donors (Lipinski definition) is 1. The summed E-state index contributed by atoms with van der Waals surface area (Å²) in [6.45, 7) is 5.16. The van der Waals surface area contributed by atoms with Gasteiger partial charge in [-0.3, -0.25) is 0 Å². The predicted molar refractivity (Wildman–Crippen MR) is 85.5 cm³/mol. The second kappa shape index (κ2) is 6.45. The summed E-state index contributed by atoms with van der Waals surface area (Å²) in [7, 11) is 0. The maximum Gasteiger partial charge on any atom is 0.205 e. The highest BCUT2D eigenvalue weighted by molar-refractivity contribution is 9.13. The van der Waals surface area contributed by atoms with Crippen LogP contribution in [0.5, 0.6) is 0 Å². The molecule has 0 bridgehead atoms. The van der Waals surface area contributed by atoms with E-state index in [1.165, 1.54) is 4.88 Å².